The van der Waals surface area contributed by atoms with Gasteiger partial charge in [0.25, 0.3) is 0 Å². The highest BCUT2D eigenvalue weighted by Crippen LogP contribution is 2.12. The summed E-state index contributed by atoms with van der Waals surface area (Å²) in [5.74, 6) is -0.538. The van der Waals surface area contributed by atoms with Crippen molar-refractivity contribution in [2.45, 2.75) is 109 Å². The number of rotatable bonds is 17. The van der Waals surface area contributed by atoms with E-state index in [9.17, 15) is 9.90 Å². The van der Waals surface area contributed by atoms with Crippen molar-refractivity contribution in [3.8, 4) is 0 Å². The predicted octanol–water partition coefficient (Wildman–Crippen LogP) is 5.95. The molecule has 0 aliphatic rings. The first-order valence-corrected chi connectivity index (χ1v) is 10.1. The number of esters is 1. The average Bonchev–Trinajstić information content (AvgIpc) is 2.60. The SMILES string of the molecule is CCCCCCCCCCCCCCC=CCC[C@@H](O)C(=O)OC. The van der Waals surface area contributed by atoms with E-state index in [1.165, 1.54) is 84.2 Å². The number of unbranched alkanes of at least 4 members (excludes halogenated alkanes) is 12. The molecule has 0 aromatic carbocycles. The van der Waals surface area contributed by atoms with Crippen LogP contribution < -0.4 is 0 Å². The van der Waals surface area contributed by atoms with Crippen LogP contribution in [0.2, 0.25) is 0 Å². The molecule has 0 rings (SSSR count). The van der Waals surface area contributed by atoms with E-state index in [1.54, 1.807) is 0 Å². The van der Waals surface area contributed by atoms with Crippen LogP contribution in [0, 0.1) is 0 Å². The lowest BCUT2D eigenvalue weighted by molar-refractivity contribution is -0.150. The molecule has 24 heavy (non-hydrogen) atoms. The van der Waals surface area contributed by atoms with E-state index in [2.05, 4.69) is 23.8 Å². The van der Waals surface area contributed by atoms with E-state index < -0.39 is 12.1 Å². The Labute approximate surface area is 149 Å². The topological polar surface area (TPSA) is 46.5 Å². The van der Waals surface area contributed by atoms with E-state index in [-0.39, 0.29) is 0 Å². The normalized spacial score (nSPS) is 12.6. The molecule has 142 valence electrons. The van der Waals surface area contributed by atoms with Gasteiger partial charge in [0, 0.05) is 0 Å². The summed E-state index contributed by atoms with van der Waals surface area (Å²) < 4.78 is 4.48. The molecule has 0 saturated carbocycles. The number of allylic oxidation sites excluding steroid dienone is 2. The maximum absolute atomic E-state index is 11.0. The Kier molecular flexibility index (Phi) is 17.9. The lowest BCUT2D eigenvalue weighted by Crippen LogP contribution is -2.21. The van der Waals surface area contributed by atoms with E-state index >= 15 is 0 Å². The molecule has 0 spiro atoms. The molecule has 0 aliphatic heterocycles. The minimum absolute atomic E-state index is 0.446. The summed E-state index contributed by atoms with van der Waals surface area (Å²) in [5, 5.41) is 9.42. The largest absolute Gasteiger partial charge is 0.467 e. The zero-order chi connectivity index (χ0) is 17.9. The summed E-state index contributed by atoms with van der Waals surface area (Å²) in [6.07, 6.45) is 22.1. The third-order valence-electron chi connectivity index (χ3n) is 4.47. The fraction of sp³-hybridized carbons (Fsp3) is 0.857. The van der Waals surface area contributed by atoms with Crippen molar-refractivity contribution >= 4 is 5.97 Å². The number of ether oxygens (including phenoxy) is 1. The molecule has 0 unspecified atom stereocenters. The summed E-state index contributed by atoms with van der Waals surface area (Å²) >= 11 is 0. The first-order chi connectivity index (χ1) is 11.7. The van der Waals surface area contributed by atoms with Crippen LogP contribution in [-0.4, -0.2) is 24.3 Å². The highest BCUT2D eigenvalue weighted by molar-refractivity contribution is 5.74. The Morgan fingerprint density at radius 1 is 0.833 bits per heavy atom. The number of hydrogen-bond acceptors (Lipinski definition) is 3. The maximum Gasteiger partial charge on any atom is 0.334 e. The monoisotopic (exact) mass is 340 g/mol. The number of carbonyl (C=O) groups is 1. The highest BCUT2D eigenvalue weighted by atomic mass is 16.5. The summed E-state index contributed by atoms with van der Waals surface area (Å²) in [6.45, 7) is 2.27. The minimum atomic E-state index is -0.980. The molecule has 0 radical (unpaired) electrons. The van der Waals surface area contributed by atoms with Crippen molar-refractivity contribution in [3.63, 3.8) is 0 Å². The van der Waals surface area contributed by atoms with Crippen molar-refractivity contribution in [2.75, 3.05) is 7.11 Å². The molecular formula is C21H40O3. The second kappa shape index (κ2) is 18.5. The van der Waals surface area contributed by atoms with Crippen LogP contribution in [0.5, 0.6) is 0 Å². The van der Waals surface area contributed by atoms with Crippen molar-refractivity contribution in [2.24, 2.45) is 0 Å². The fourth-order valence-electron chi connectivity index (χ4n) is 2.85. The van der Waals surface area contributed by atoms with Crippen LogP contribution in [0.3, 0.4) is 0 Å². The quantitative estimate of drug-likeness (QED) is 0.202. The van der Waals surface area contributed by atoms with E-state index in [1.807, 2.05) is 0 Å². The van der Waals surface area contributed by atoms with Crippen molar-refractivity contribution in [3.05, 3.63) is 12.2 Å². The van der Waals surface area contributed by atoms with Crippen molar-refractivity contribution < 1.29 is 14.6 Å². The third-order valence-corrected chi connectivity index (χ3v) is 4.47. The van der Waals surface area contributed by atoms with Gasteiger partial charge in [-0.2, -0.15) is 0 Å². The minimum Gasteiger partial charge on any atom is -0.467 e. The first kappa shape index (κ1) is 23.2. The van der Waals surface area contributed by atoms with Gasteiger partial charge in [-0.1, -0.05) is 89.7 Å². The molecule has 0 saturated heterocycles. The van der Waals surface area contributed by atoms with Gasteiger partial charge in [0.05, 0.1) is 7.11 Å². The molecule has 1 N–H and O–H groups in total. The highest BCUT2D eigenvalue weighted by Gasteiger charge is 2.13. The molecular weight excluding hydrogens is 300 g/mol. The molecule has 3 heteroatoms. The summed E-state index contributed by atoms with van der Waals surface area (Å²) in [4.78, 5) is 11.0. The van der Waals surface area contributed by atoms with Gasteiger partial charge >= 0.3 is 5.97 Å². The van der Waals surface area contributed by atoms with Crippen molar-refractivity contribution in [1.29, 1.82) is 0 Å². The molecule has 0 bridgehead atoms. The first-order valence-electron chi connectivity index (χ1n) is 10.1. The summed E-state index contributed by atoms with van der Waals surface area (Å²) in [6, 6.07) is 0. The molecule has 1 atom stereocenters. The van der Waals surface area contributed by atoms with Crippen LogP contribution in [0.25, 0.3) is 0 Å². The molecule has 0 fully saturated rings. The molecule has 0 aromatic rings. The molecule has 3 nitrogen and oxygen atoms in total. The zero-order valence-electron chi connectivity index (χ0n) is 16.1. The average molecular weight is 341 g/mol. The lowest BCUT2D eigenvalue weighted by atomic mass is 10.0. The van der Waals surface area contributed by atoms with Gasteiger partial charge in [-0.05, 0) is 25.7 Å². The Bertz CT molecular complexity index is 299. The van der Waals surface area contributed by atoms with Gasteiger partial charge in [-0.3, -0.25) is 0 Å². The van der Waals surface area contributed by atoms with Gasteiger partial charge in [0.2, 0.25) is 0 Å². The number of carbonyl (C=O) groups excluding carboxylic acids is 1. The number of methoxy groups -OCH3 is 1. The van der Waals surface area contributed by atoms with Crippen molar-refractivity contribution in [1.82, 2.24) is 0 Å². The molecule has 0 amide bonds. The Morgan fingerprint density at radius 3 is 1.79 bits per heavy atom. The fourth-order valence-corrected chi connectivity index (χ4v) is 2.85. The van der Waals surface area contributed by atoms with Crippen LogP contribution in [-0.2, 0) is 9.53 Å². The predicted molar refractivity (Wildman–Crippen MR) is 102 cm³/mol. The van der Waals surface area contributed by atoms with Crippen LogP contribution >= 0.6 is 0 Å². The Balaban J connectivity index is 3.19. The molecule has 0 heterocycles. The number of hydrogen-bond donors (Lipinski definition) is 1. The van der Waals surface area contributed by atoms with Crippen LogP contribution in [0.1, 0.15) is 103 Å². The summed E-state index contributed by atoms with van der Waals surface area (Å²) in [7, 11) is 1.30. The van der Waals surface area contributed by atoms with Gasteiger partial charge < -0.3 is 9.84 Å². The van der Waals surface area contributed by atoms with Gasteiger partial charge in [-0.25, -0.2) is 4.79 Å². The van der Waals surface area contributed by atoms with Crippen LogP contribution in [0.4, 0.5) is 0 Å². The zero-order valence-corrected chi connectivity index (χ0v) is 16.1. The standard InChI is InChI=1S/C21H40O3/c1-3-4-5-6-7-8-9-10-11-12-13-14-15-16-17-18-19-20(22)21(23)24-2/h16-17,20,22H,3-15,18-19H2,1-2H3/t20-/m1/s1. The number of aliphatic hydroxyl groups excluding tert-OH is 1. The Morgan fingerprint density at radius 2 is 1.29 bits per heavy atom. The van der Waals surface area contributed by atoms with Crippen LogP contribution in [0.15, 0.2) is 12.2 Å². The van der Waals surface area contributed by atoms with E-state index in [4.69, 9.17) is 0 Å². The second-order valence-electron chi connectivity index (χ2n) is 6.77. The van der Waals surface area contributed by atoms with Gasteiger partial charge in [0.1, 0.15) is 0 Å². The molecule has 0 aromatic heterocycles. The maximum atomic E-state index is 11.0. The third kappa shape index (κ3) is 16.0. The Hall–Kier alpha value is -0.830. The molecule has 0 aliphatic carbocycles. The van der Waals surface area contributed by atoms with Gasteiger partial charge in [0.15, 0.2) is 6.10 Å². The van der Waals surface area contributed by atoms with Gasteiger partial charge in [-0.15, -0.1) is 0 Å². The summed E-state index contributed by atoms with van der Waals surface area (Å²) in [5.41, 5.74) is 0. The smallest absolute Gasteiger partial charge is 0.334 e. The number of aliphatic hydroxyl groups is 1. The van der Waals surface area contributed by atoms with E-state index in [0.717, 1.165) is 12.8 Å². The lowest BCUT2D eigenvalue weighted by Gasteiger charge is -2.05. The second-order valence-corrected chi connectivity index (χ2v) is 6.77. The van der Waals surface area contributed by atoms with E-state index in [0.29, 0.717) is 6.42 Å².